The van der Waals surface area contributed by atoms with E-state index in [9.17, 15) is 13.2 Å². The number of sulfonamides is 1. The van der Waals surface area contributed by atoms with Gasteiger partial charge in [-0.1, -0.05) is 0 Å². The molecular weight excluding hydrogens is 206 g/mol. The summed E-state index contributed by atoms with van der Waals surface area (Å²) in [5.74, 6) is -0.402. The van der Waals surface area contributed by atoms with Gasteiger partial charge in [0.2, 0.25) is 10.0 Å². The molecule has 14 heavy (non-hydrogen) atoms. The van der Waals surface area contributed by atoms with E-state index < -0.39 is 21.2 Å². The highest BCUT2D eigenvalue weighted by Gasteiger charge is 2.21. The molecule has 0 saturated heterocycles. The average molecular weight is 223 g/mol. The third-order valence-corrected chi connectivity index (χ3v) is 3.98. The lowest BCUT2D eigenvalue weighted by Gasteiger charge is -2.19. The Labute approximate surface area is 85.1 Å². The van der Waals surface area contributed by atoms with E-state index in [1.54, 1.807) is 13.8 Å². The first-order valence-corrected chi connectivity index (χ1v) is 5.87. The summed E-state index contributed by atoms with van der Waals surface area (Å²) in [4.78, 5) is 10.4. The zero-order valence-corrected chi connectivity index (χ0v) is 9.80. The Morgan fingerprint density at radius 3 is 2.29 bits per heavy atom. The Bertz CT molecular complexity index is 284. The summed E-state index contributed by atoms with van der Waals surface area (Å²) in [6, 6.07) is 0. The van der Waals surface area contributed by atoms with Gasteiger partial charge in [0.25, 0.3) is 0 Å². The standard InChI is InChI=1S/C8H17NO4S/c1-7(2)14(11,12)9(4)5-6-13-8(3)10/h7H,5-6H2,1-4H3. The molecule has 6 heteroatoms. The van der Waals surface area contributed by atoms with Crippen molar-refractivity contribution in [1.29, 1.82) is 0 Å². The highest BCUT2D eigenvalue weighted by atomic mass is 32.2. The van der Waals surface area contributed by atoms with Crippen molar-refractivity contribution in [3.8, 4) is 0 Å². The van der Waals surface area contributed by atoms with Crippen LogP contribution in [0.2, 0.25) is 0 Å². The lowest BCUT2D eigenvalue weighted by molar-refractivity contribution is -0.141. The molecule has 0 aliphatic rings. The first kappa shape index (κ1) is 13.4. The Hall–Kier alpha value is -0.620. The van der Waals surface area contributed by atoms with Crippen LogP contribution in [-0.2, 0) is 19.6 Å². The fraction of sp³-hybridized carbons (Fsp3) is 0.875. The molecule has 0 spiro atoms. The summed E-state index contributed by atoms with van der Waals surface area (Å²) in [5.41, 5.74) is 0. The highest BCUT2D eigenvalue weighted by molar-refractivity contribution is 7.89. The molecule has 84 valence electrons. The van der Waals surface area contributed by atoms with Gasteiger partial charge >= 0.3 is 5.97 Å². The van der Waals surface area contributed by atoms with Gasteiger partial charge in [0.05, 0.1) is 5.25 Å². The molecule has 5 nitrogen and oxygen atoms in total. The highest BCUT2D eigenvalue weighted by Crippen LogP contribution is 2.04. The smallest absolute Gasteiger partial charge is 0.302 e. The largest absolute Gasteiger partial charge is 0.464 e. The molecule has 0 atom stereocenters. The number of hydrogen-bond acceptors (Lipinski definition) is 4. The minimum atomic E-state index is -3.23. The molecule has 0 N–H and O–H groups in total. The molecule has 0 aliphatic heterocycles. The zero-order chi connectivity index (χ0) is 11.4. The SMILES string of the molecule is CC(=O)OCCN(C)S(=O)(=O)C(C)C. The summed E-state index contributed by atoms with van der Waals surface area (Å²) in [6.45, 7) is 4.80. The zero-order valence-electron chi connectivity index (χ0n) is 8.98. The van der Waals surface area contributed by atoms with Gasteiger partial charge in [-0.15, -0.1) is 0 Å². The minimum Gasteiger partial charge on any atom is -0.464 e. The van der Waals surface area contributed by atoms with Gasteiger partial charge in [-0.05, 0) is 13.8 Å². The normalized spacial score (nSPS) is 12.1. The summed E-state index contributed by atoms with van der Waals surface area (Å²) in [7, 11) is -1.76. The quantitative estimate of drug-likeness (QED) is 0.625. The Balaban J connectivity index is 4.09. The predicted molar refractivity (Wildman–Crippen MR) is 53.3 cm³/mol. The molecule has 0 aromatic heterocycles. The van der Waals surface area contributed by atoms with Crippen LogP contribution in [0.1, 0.15) is 20.8 Å². The summed E-state index contributed by atoms with van der Waals surface area (Å²) >= 11 is 0. The first-order chi connectivity index (χ1) is 6.28. The monoisotopic (exact) mass is 223 g/mol. The minimum absolute atomic E-state index is 0.0950. The Kier molecular flexibility index (Phi) is 5.07. The van der Waals surface area contributed by atoms with Crippen LogP contribution < -0.4 is 0 Å². The molecule has 0 saturated carbocycles. The molecule has 0 heterocycles. The van der Waals surface area contributed by atoms with E-state index >= 15 is 0 Å². The van der Waals surface area contributed by atoms with Gasteiger partial charge < -0.3 is 4.74 Å². The molecule has 0 radical (unpaired) electrons. The van der Waals surface area contributed by atoms with E-state index in [4.69, 9.17) is 0 Å². The van der Waals surface area contributed by atoms with Gasteiger partial charge in [0.1, 0.15) is 6.61 Å². The van der Waals surface area contributed by atoms with Crippen LogP contribution in [0.5, 0.6) is 0 Å². The maximum Gasteiger partial charge on any atom is 0.302 e. The van der Waals surface area contributed by atoms with Gasteiger partial charge in [-0.3, -0.25) is 4.79 Å². The Morgan fingerprint density at radius 1 is 1.43 bits per heavy atom. The number of nitrogens with zero attached hydrogens (tertiary/aromatic N) is 1. The second-order valence-electron chi connectivity index (χ2n) is 3.26. The topological polar surface area (TPSA) is 63.7 Å². The maximum atomic E-state index is 11.5. The maximum absolute atomic E-state index is 11.5. The van der Waals surface area contributed by atoms with E-state index in [-0.39, 0.29) is 13.2 Å². The lowest BCUT2D eigenvalue weighted by atomic mass is 10.6. The van der Waals surface area contributed by atoms with Crippen LogP contribution in [0, 0.1) is 0 Å². The van der Waals surface area contributed by atoms with Crippen molar-refractivity contribution in [2.24, 2.45) is 0 Å². The molecule has 0 aliphatic carbocycles. The lowest BCUT2D eigenvalue weighted by Crippen LogP contribution is -2.35. The second-order valence-corrected chi connectivity index (χ2v) is 5.85. The average Bonchev–Trinajstić information content (AvgIpc) is 2.02. The van der Waals surface area contributed by atoms with Crippen LogP contribution in [-0.4, -0.2) is 44.1 Å². The summed E-state index contributed by atoms with van der Waals surface area (Å²) in [5, 5.41) is -0.454. The number of likely N-dealkylation sites (N-methyl/N-ethyl adjacent to an activating group) is 1. The van der Waals surface area contributed by atoms with Crippen molar-refractivity contribution in [3.63, 3.8) is 0 Å². The molecule has 0 amide bonds. The van der Waals surface area contributed by atoms with Crippen LogP contribution in [0.3, 0.4) is 0 Å². The molecule has 0 bridgehead atoms. The predicted octanol–water partition coefficient (Wildman–Crippen LogP) is 0.220. The van der Waals surface area contributed by atoms with E-state index in [0.717, 1.165) is 0 Å². The summed E-state index contributed by atoms with van der Waals surface area (Å²) in [6.07, 6.45) is 0. The van der Waals surface area contributed by atoms with E-state index in [1.165, 1.54) is 18.3 Å². The number of esters is 1. The van der Waals surface area contributed by atoms with E-state index in [1.807, 2.05) is 0 Å². The van der Waals surface area contributed by atoms with Crippen molar-refractivity contribution < 1.29 is 17.9 Å². The first-order valence-electron chi connectivity index (χ1n) is 4.37. The molecule has 0 aromatic carbocycles. The second kappa shape index (κ2) is 5.31. The molecule has 0 aromatic rings. The van der Waals surface area contributed by atoms with Crippen LogP contribution in [0.25, 0.3) is 0 Å². The number of carbonyl (C=O) groups excluding carboxylic acids is 1. The fourth-order valence-electron chi connectivity index (χ4n) is 0.805. The van der Waals surface area contributed by atoms with Crippen molar-refractivity contribution in [2.75, 3.05) is 20.2 Å². The van der Waals surface area contributed by atoms with Gasteiger partial charge in [0, 0.05) is 20.5 Å². The fourth-order valence-corrected chi connectivity index (χ4v) is 1.85. The van der Waals surface area contributed by atoms with Crippen molar-refractivity contribution in [3.05, 3.63) is 0 Å². The van der Waals surface area contributed by atoms with Crippen LogP contribution >= 0.6 is 0 Å². The van der Waals surface area contributed by atoms with E-state index in [2.05, 4.69) is 4.74 Å². The number of rotatable bonds is 5. The molecule has 0 fully saturated rings. The summed E-state index contributed by atoms with van der Waals surface area (Å²) < 4.78 is 28.8. The van der Waals surface area contributed by atoms with Crippen molar-refractivity contribution >= 4 is 16.0 Å². The van der Waals surface area contributed by atoms with Crippen LogP contribution in [0.15, 0.2) is 0 Å². The van der Waals surface area contributed by atoms with E-state index in [0.29, 0.717) is 0 Å². The third-order valence-electron chi connectivity index (χ3n) is 1.74. The number of carbonyl (C=O) groups is 1. The number of hydrogen-bond donors (Lipinski definition) is 0. The number of ether oxygens (including phenoxy) is 1. The van der Waals surface area contributed by atoms with Gasteiger partial charge in [-0.2, -0.15) is 0 Å². The molecule has 0 unspecified atom stereocenters. The van der Waals surface area contributed by atoms with Crippen molar-refractivity contribution in [1.82, 2.24) is 4.31 Å². The van der Waals surface area contributed by atoms with Crippen molar-refractivity contribution in [2.45, 2.75) is 26.0 Å². The van der Waals surface area contributed by atoms with Gasteiger partial charge in [0.15, 0.2) is 0 Å². The molecule has 0 rings (SSSR count). The van der Waals surface area contributed by atoms with Crippen LogP contribution in [0.4, 0.5) is 0 Å². The molecular formula is C8H17NO4S. The third kappa shape index (κ3) is 4.06. The van der Waals surface area contributed by atoms with Gasteiger partial charge in [-0.25, -0.2) is 12.7 Å². The Morgan fingerprint density at radius 2 is 1.93 bits per heavy atom.